The smallest absolute Gasteiger partial charge is 0.302 e. The van der Waals surface area contributed by atoms with Crippen LogP contribution < -0.4 is 0 Å². The fraction of sp³-hybridized carbons (Fsp3) is 0.467. The highest BCUT2D eigenvalue weighted by molar-refractivity contribution is 5.95. The van der Waals surface area contributed by atoms with Crippen molar-refractivity contribution in [1.82, 2.24) is 0 Å². The van der Waals surface area contributed by atoms with Crippen LogP contribution in [-0.2, 0) is 14.3 Å². The maximum Gasteiger partial charge on any atom is 0.302 e. The van der Waals surface area contributed by atoms with Crippen molar-refractivity contribution >= 4 is 11.8 Å². The number of carbonyl (C=O) groups is 2. The maximum atomic E-state index is 10.9. The Labute approximate surface area is 113 Å². The van der Waals surface area contributed by atoms with Crippen LogP contribution in [0.25, 0.3) is 0 Å². The normalized spacial score (nSPS) is 17.3. The second-order valence-corrected chi connectivity index (χ2v) is 4.47. The number of benzene rings is 1. The third-order valence-electron chi connectivity index (χ3n) is 2.74. The van der Waals surface area contributed by atoms with Gasteiger partial charge in [-0.25, -0.2) is 0 Å². The second-order valence-electron chi connectivity index (χ2n) is 4.47. The molecular formula is C15H20O4. The van der Waals surface area contributed by atoms with Crippen LogP contribution in [0.2, 0.25) is 0 Å². The molecule has 0 amide bonds. The average molecular weight is 264 g/mol. The largest absolute Gasteiger partial charge is 0.460 e. The van der Waals surface area contributed by atoms with Crippen molar-refractivity contribution in [2.45, 2.75) is 33.3 Å². The number of ether oxygens (including phenoxy) is 2. The van der Waals surface area contributed by atoms with Gasteiger partial charge in [0, 0.05) is 18.9 Å². The molecule has 19 heavy (non-hydrogen) atoms. The Balaban J connectivity index is 0.000000191. The Morgan fingerprint density at radius 1 is 1.26 bits per heavy atom. The zero-order chi connectivity index (χ0) is 14.3. The molecule has 104 valence electrons. The fourth-order valence-corrected chi connectivity index (χ4v) is 1.81. The molecule has 1 aromatic carbocycles. The van der Waals surface area contributed by atoms with Crippen molar-refractivity contribution < 1.29 is 19.1 Å². The van der Waals surface area contributed by atoms with Crippen molar-refractivity contribution in [2.75, 3.05) is 13.2 Å². The first kappa shape index (κ1) is 15.4. The summed E-state index contributed by atoms with van der Waals surface area (Å²) in [4.78, 5) is 21.2. The molecule has 1 unspecified atom stereocenters. The molecule has 1 heterocycles. The molecule has 1 atom stereocenters. The van der Waals surface area contributed by atoms with E-state index in [1.807, 2.05) is 31.2 Å². The van der Waals surface area contributed by atoms with E-state index < -0.39 is 0 Å². The monoisotopic (exact) mass is 264 g/mol. The summed E-state index contributed by atoms with van der Waals surface area (Å²) in [6.45, 7) is 6.23. The molecule has 4 heteroatoms. The molecule has 1 saturated heterocycles. The van der Waals surface area contributed by atoms with Gasteiger partial charge in [0.2, 0.25) is 0 Å². The lowest BCUT2D eigenvalue weighted by Gasteiger charge is -2.05. The summed E-state index contributed by atoms with van der Waals surface area (Å²) in [5, 5.41) is 0. The third kappa shape index (κ3) is 5.66. The van der Waals surface area contributed by atoms with Crippen LogP contribution in [0, 0.1) is 6.92 Å². The first-order valence-corrected chi connectivity index (χ1v) is 6.32. The van der Waals surface area contributed by atoms with Crippen molar-refractivity contribution in [1.29, 1.82) is 0 Å². The molecule has 2 rings (SSSR count). The highest BCUT2D eigenvalue weighted by atomic mass is 16.6. The summed E-state index contributed by atoms with van der Waals surface area (Å²) in [5.74, 6) is -0.0800. The lowest BCUT2D eigenvalue weighted by molar-refractivity contribution is -0.146. The van der Waals surface area contributed by atoms with Gasteiger partial charge in [-0.05, 0) is 19.4 Å². The molecule has 1 aliphatic heterocycles. The van der Waals surface area contributed by atoms with E-state index in [4.69, 9.17) is 9.47 Å². The summed E-state index contributed by atoms with van der Waals surface area (Å²) in [6, 6.07) is 7.60. The van der Waals surface area contributed by atoms with Crippen molar-refractivity contribution in [3.05, 3.63) is 35.4 Å². The minimum absolute atomic E-state index is 0.0162. The number of aryl methyl sites for hydroxylation is 1. The Morgan fingerprint density at radius 2 is 1.95 bits per heavy atom. The van der Waals surface area contributed by atoms with Gasteiger partial charge in [-0.3, -0.25) is 9.59 Å². The van der Waals surface area contributed by atoms with Gasteiger partial charge in [-0.1, -0.05) is 24.3 Å². The average Bonchev–Trinajstić information content (AvgIpc) is 2.82. The van der Waals surface area contributed by atoms with Crippen LogP contribution in [0.4, 0.5) is 0 Å². The Hall–Kier alpha value is -1.68. The molecule has 0 radical (unpaired) electrons. The summed E-state index contributed by atoms with van der Waals surface area (Å²) >= 11 is 0. The first-order valence-electron chi connectivity index (χ1n) is 6.32. The van der Waals surface area contributed by atoms with Crippen molar-refractivity contribution in [3.63, 3.8) is 0 Å². The van der Waals surface area contributed by atoms with Crippen LogP contribution in [0.15, 0.2) is 24.3 Å². The van der Waals surface area contributed by atoms with Gasteiger partial charge in [0.05, 0.1) is 13.2 Å². The van der Waals surface area contributed by atoms with E-state index in [0.29, 0.717) is 6.61 Å². The zero-order valence-electron chi connectivity index (χ0n) is 11.6. The van der Waals surface area contributed by atoms with Gasteiger partial charge in [0.1, 0.15) is 6.10 Å². The number of carbonyl (C=O) groups excluding carboxylic acids is 2. The lowest BCUT2D eigenvalue weighted by atomic mass is 10.1. The number of hydrogen-bond donors (Lipinski definition) is 0. The van der Waals surface area contributed by atoms with E-state index in [2.05, 4.69) is 0 Å². The van der Waals surface area contributed by atoms with E-state index in [1.165, 1.54) is 6.92 Å². The van der Waals surface area contributed by atoms with E-state index in [1.54, 1.807) is 6.92 Å². The second kappa shape index (κ2) is 7.69. The highest BCUT2D eigenvalue weighted by Crippen LogP contribution is 2.07. The summed E-state index contributed by atoms with van der Waals surface area (Å²) in [5.41, 5.74) is 1.87. The van der Waals surface area contributed by atoms with Crippen LogP contribution in [-0.4, -0.2) is 31.1 Å². The fourth-order valence-electron chi connectivity index (χ4n) is 1.81. The summed E-state index contributed by atoms with van der Waals surface area (Å²) in [6.07, 6.45) is 0.863. The van der Waals surface area contributed by atoms with Crippen LogP contribution in [0.5, 0.6) is 0 Å². The number of ketones is 1. The van der Waals surface area contributed by atoms with E-state index in [9.17, 15) is 9.59 Å². The topological polar surface area (TPSA) is 52.6 Å². The molecule has 1 aliphatic rings. The number of rotatable bonds is 2. The standard InChI is InChI=1S/C9H10O.C6H10O3/c1-7-5-3-4-6-9(7)8(2)10;1-5(7)9-6-2-3-8-4-6/h3-6H,1-2H3;6H,2-4H2,1H3. The summed E-state index contributed by atoms with van der Waals surface area (Å²) < 4.78 is 9.83. The van der Waals surface area contributed by atoms with E-state index in [0.717, 1.165) is 24.2 Å². The van der Waals surface area contributed by atoms with Crippen LogP contribution in [0.1, 0.15) is 36.2 Å². The van der Waals surface area contributed by atoms with Gasteiger partial charge in [-0.15, -0.1) is 0 Å². The van der Waals surface area contributed by atoms with Crippen LogP contribution >= 0.6 is 0 Å². The predicted molar refractivity (Wildman–Crippen MR) is 72.2 cm³/mol. The minimum Gasteiger partial charge on any atom is -0.460 e. The molecule has 0 N–H and O–H groups in total. The molecular weight excluding hydrogens is 244 g/mol. The molecule has 1 fully saturated rings. The summed E-state index contributed by atoms with van der Waals surface area (Å²) in [7, 11) is 0. The Morgan fingerprint density at radius 3 is 2.37 bits per heavy atom. The SMILES string of the molecule is CC(=O)OC1CCOC1.CC(=O)c1ccccc1C. The predicted octanol–water partition coefficient (Wildman–Crippen LogP) is 2.54. The number of hydrogen-bond acceptors (Lipinski definition) is 4. The zero-order valence-corrected chi connectivity index (χ0v) is 11.6. The molecule has 4 nitrogen and oxygen atoms in total. The third-order valence-corrected chi connectivity index (χ3v) is 2.74. The quantitative estimate of drug-likeness (QED) is 0.608. The number of Topliss-reactive ketones (excluding diaryl/α,β-unsaturated/α-hetero) is 1. The van der Waals surface area contributed by atoms with E-state index in [-0.39, 0.29) is 17.9 Å². The molecule has 0 aliphatic carbocycles. The molecule has 0 saturated carbocycles. The van der Waals surface area contributed by atoms with Gasteiger partial charge in [0.15, 0.2) is 5.78 Å². The van der Waals surface area contributed by atoms with Gasteiger partial charge < -0.3 is 9.47 Å². The number of esters is 1. The van der Waals surface area contributed by atoms with Gasteiger partial charge in [0.25, 0.3) is 0 Å². The van der Waals surface area contributed by atoms with Gasteiger partial charge >= 0.3 is 5.97 Å². The minimum atomic E-state index is -0.217. The van der Waals surface area contributed by atoms with Crippen LogP contribution in [0.3, 0.4) is 0 Å². The van der Waals surface area contributed by atoms with E-state index >= 15 is 0 Å². The Bertz CT molecular complexity index is 434. The maximum absolute atomic E-state index is 10.9. The van der Waals surface area contributed by atoms with Gasteiger partial charge in [-0.2, -0.15) is 0 Å². The van der Waals surface area contributed by atoms with Crippen molar-refractivity contribution in [2.24, 2.45) is 0 Å². The lowest BCUT2D eigenvalue weighted by Crippen LogP contribution is -2.15. The molecule has 0 spiro atoms. The van der Waals surface area contributed by atoms with Crippen molar-refractivity contribution in [3.8, 4) is 0 Å². The Kier molecular flexibility index (Phi) is 6.22. The first-order chi connectivity index (χ1) is 9.00. The molecule has 1 aromatic rings. The highest BCUT2D eigenvalue weighted by Gasteiger charge is 2.17. The molecule has 0 bridgehead atoms. The molecule has 0 aromatic heterocycles.